The summed E-state index contributed by atoms with van der Waals surface area (Å²) in [5.41, 5.74) is -0.194. The van der Waals surface area contributed by atoms with E-state index in [-0.39, 0.29) is 16.8 Å². The zero-order valence-electron chi connectivity index (χ0n) is 17.2. The average Bonchev–Trinajstić information content (AvgIpc) is 2.66. The maximum atomic E-state index is 14.1. The van der Waals surface area contributed by atoms with E-state index in [1.807, 2.05) is 0 Å². The fraction of sp³-hybridized carbons (Fsp3) is 0.348. The van der Waals surface area contributed by atoms with Gasteiger partial charge in [0.1, 0.15) is 23.5 Å². The van der Waals surface area contributed by atoms with E-state index in [2.05, 4.69) is 20.6 Å². The van der Waals surface area contributed by atoms with Crippen molar-refractivity contribution in [3.63, 3.8) is 0 Å². The predicted octanol–water partition coefficient (Wildman–Crippen LogP) is 3.40. The number of hydrogen-bond donors (Lipinski definition) is 3. The molecule has 1 aromatic carbocycles. The molecular formula is C23H21F3N4O2. The second-order valence-corrected chi connectivity index (χ2v) is 8.87. The number of aromatic nitrogens is 2. The van der Waals surface area contributed by atoms with Crippen molar-refractivity contribution in [2.24, 2.45) is 5.92 Å². The smallest absolute Gasteiger partial charge is 0.253 e. The Bertz CT molecular complexity index is 1270. The molecule has 6 nitrogen and oxygen atoms in total. The van der Waals surface area contributed by atoms with Gasteiger partial charge in [-0.25, -0.2) is 13.2 Å². The van der Waals surface area contributed by atoms with Crippen LogP contribution in [0.3, 0.4) is 0 Å². The van der Waals surface area contributed by atoms with Crippen LogP contribution in [0.2, 0.25) is 0 Å². The number of nitrogens with zero attached hydrogens (tertiary/aromatic N) is 1. The first kappa shape index (κ1) is 20.7. The molecule has 0 aliphatic heterocycles. The first-order valence-electron chi connectivity index (χ1n) is 10.4. The van der Waals surface area contributed by atoms with Crippen molar-refractivity contribution in [1.29, 1.82) is 0 Å². The van der Waals surface area contributed by atoms with Crippen molar-refractivity contribution in [2.75, 3.05) is 0 Å². The minimum Gasteiger partial charge on any atom is -0.346 e. The number of aromatic amines is 1. The van der Waals surface area contributed by atoms with Crippen LogP contribution in [0.4, 0.5) is 13.2 Å². The maximum absolute atomic E-state index is 14.1. The second-order valence-electron chi connectivity index (χ2n) is 8.87. The highest BCUT2D eigenvalue weighted by atomic mass is 19.1. The van der Waals surface area contributed by atoms with Gasteiger partial charge in [-0.05, 0) is 56.4 Å². The quantitative estimate of drug-likeness (QED) is 0.546. The van der Waals surface area contributed by atoms with E-state index in [9.17, 15) is 22.8 Å². The number of H-pyrrole nitrogens is 1. The van der Waals surface area contributed by atoms with Gasteiger partial charge in [0.2, 0.25) is 5.91 Å². The molecule has 2 atom stereocenters. The number of carbonyl (C=O) groups is 1. The lowest BCUT2D eigenvalue weighted by Gasteiger charge is -2.63. The van der Waals surface area contributed by atoms with Crippen molar-refractivity contribution in [3.05, 3.63) is 75.6 Å². The number of amides is 1. The van der Waals surface area contributed by atoms with Crippen LogP contribution in [-0.2, 0) is 4.79 Å². The molecule has 32 heavy (non-hydrogen) atoms. The third-order valence-corrected chi connectivity index (χ3v) is 6.50. The minimum absolute atomic E-state index is 0.112. The van der Waals surface area contributed by atoms with Gasteiger partial charge in [0.15, 0.2) is 0 Å². The van der Waals surface area contributed by atoms with E-state index >= 15 is 0 Å². The molecule has 1 amide bonds. The number of carbonyl (C=O) groups excluding carboxylic acids is 1. The van der Waals surface area contributed by atoms with Crippen LogP contribution in [0.25, 0.3) is 10.9 Å². The van der Waals surface area contributed by atoms with Crippen LogP contribution in [0.5, 0.6) is 0 Å². The first-order chi connectivity index (χ1) is 15.2. The lowest BCUT2D eigenvalue weighted by atomic mass is 9.49. The van der Waals surface area contributed by atoms with Crippen LogP contribution >= 0.6 is 0 Å². The molecule has 0 radical (unpaired) electrons. The van der Waals surface area contributed by atoms with Crippen molar-refractivity contribution in [2.45, 2.75) is 43.8 Å². The average molecular weight is 442 g/mol. The lowest BCUT2D eigenvalue weighted by molar-refractivity contribution is -0.128. The van der Waals surface area contributed by atoms with Gasteiger partial charge in [0.05, 0.1) is 17.9 Å². The van der Waals surface area contributed by atoms with Crippen molar-refractivity contribution >= 4 is 16.8 Å². The van der Waals surface area contributed by atoms with Crippen LogP contribution in [0.15, 0.2) is 41.3 Å². The largest absolute Gasteiger partial charge is 0.346 e. The van der Waals surface area contributed by atoms with Crippen molar-refractivity contribution in [3.8, 4) is 0 Å². The van der Waals surface area contributed by atoms with Crippen LogP contribution < -0.4 is 16.2 Å². The monoisotopic (exact) mass is 442 g/mol. The number of pyridine rings is 2. The molecule has 166 valence electrons. The Morgan fingerprint density at radius 3 is 2.56 bits per heavy atom. The van der Waals surface area contributed by atoms with Crippen LogP contribution in [0, 0.1) is 23.4 Å². The summed E-state index contributed by atoms with van der Waals surface area (Å²) >= 11 is 0. The highest BCUT2D eigenvalue weighted by Crippen LogP contribution is 2.57. The van der Waals surface area contributed by atoms with Gasteiger partial charge >= 0.3 is 0 Å². The summed E-state index contributed by atoms with van der Waals surface area (Å²) in [6.07, 6.45) is 3.63. The summed E-state index contributed by atoms with van der Waals surface area (Å²) in [6, 6.07) is 4.30. The predicted molar refractivity (Wildman–Crippen MR) is 111 cm³/mol. The molecule has 2 bridgehead atoms. The third kappa shape index (κ3) is 3.56. The molecule has 9 heteroatoms. The Morgan fingerprint density at radius 1 is 1.16 bits per heavy atom. The molecule has 0 unspecified atom stereocenters. The van der Waals surface area contributed by atoms with Crippen molar-refractivity contribution in [1.82, 2.24) is 20.6 Å². The first-order valence-corrected chi connectivity index (χ1v) is 10.4. The third-order valence-electron chi connectivity index (χ3n) is 6.50. The number of hydrogen-bond acceptors (Lipinski definition) is 4. The van der Waals surface area contributed by atoms with Gasteiger partial charge in [-0.3, -0.25) is 19.9 Å². The highest BCUT2D eigenvalue weighted by Gasteiger charge is 2.57. The Balaban J connectivity index is 1.48. The fourth-order valence-electron chi connectivity index (χ4n) is 4.76. The van der Waals surface area contributed by atoms with Gasteiger partial charge in [-0.1, -0.05) is 0 Å². The molecule has 3 aliphatic rings. The van der Waals surface area contributed by atoms with E-state index in [4.69, 9.17) is 0 Å². The summed E-state index contributed by atoms with van der Waals surface area (Å²) in [5, 5.41) is 6.44. The van der Waals surface area contributed by atoms with E-state index in [1.54, 1.807) is 0 Å². The number of nitrogens with one attached hydrogen (secondary N) is 3. The minimum atomic E-state index is -1.03. The SMILES string of the molecule is C[C@H](NC(=O)[C@@H](NC12CC(C1)C2)c1cc2cc(F)ccc2[nH]c1=O)c1ncc(F)cc1F. The van der Waals surface area contributed by atoms with E-state index in [0.29, 0.717) is 22.9 Å². The van der Waals surface area contributed by atoms with Gasteiger partial charge in [0.25, 0.3) is 5.56 Å². The number of benzene rings is 1. The maximum Gasteiger partial charge on any atom is 0.253 e. The zero-order chi connectivity index (χ0) is 22.6. The van der Waals surface area contributed by atoms with E-state index in [1.165, 1.54) is 31.2 Å². The van der Waals surface area contributed by atoms with Gasteiger partial charge in [0, 0.05) is 28.1 Å². The normalized spacial score (nSPS) is 23.2. The standard InChI is InChI=1S/C23H21F3N4O2/c1-11(19-17(26)6-15(25)10-27-19)28-22(32)20(30-23-7-12(8-23)9-23)16-5-13-4-14(24)2-3-18(13)29-21(16)31/h2-6,10-12,20,30H,7-9H2,1H3,(H,28,32)(H,29,31)/t11-,12?,20-,23?/m0/s1. The fourth-order valence-corrected chi connectivity index (χ4v) is 4.76. The lowest BCUT2D eigenvalue weighted by Crippen LogP contribution is -2.68. The van der Waals surface area contributed by atoms with Gasteiger partial charge in [-0.15, -0.1) is 0 Å². The molecule has 2 aromatic heterocycles. The zero-order valence-corrected chi connectivity index (χ0v) is 17.2. The Labute approximate surface area is 181 Å². The van der Waals surface area contributed by atoms with E-state index < -0.39 is 41.0 Å². The molecule has 2 heterocycles. The highest BCUT2D eigenvalue weighted by molar-refractivity contribution is 5.86. The van der Waals surface area contributed by atoms with Crippen molar-refractivity contribution < 1.29 is 18.0 Å². The summed E-state index contributed by atoms with van der Waals surface area (Å²) in [5.74, 6) is -2.07. The number of rotatable bonds is 6. The topological polar surface area (TPSA) is 86.9 Å². The molecular weight excluding hydrogens is 421 g/mol. The van der Waals surface area contributed by atoms with Gasteiger partial charge in [-0.2, -0.15) is 0 Å². The Kier molecular flexibility index (Phi) is 4.81. The molecule has 3 aliphatic carbocycles. The van der Waals surface area contributed by atoms with Crippen LogP contribution in [-0.4, -0.2) is 21.4 Å². The van der Waals surface area contributed by atoms with E-state index in [0.717, 1.165) is 25.5 Å². The second kappa shape index (κ2) is 7.44. The molecule has 0 spiro atoms. The molecule has 3 aromatic rings. The van der Waals surface area contributed by atoms with Gasteiger partial charge < -0.3 is 10.3 Å². The Morgan fingerprint density at radius 2 is 1.91 bits per heavy atom. The summed E-state index contributed by atoms with van der Waals surface area (Å²) in [7, 11) is 0. The summed E-state index contributed by atoms with van der Waals surface area (Å²) in [4.78, 5) is 32.5. The molecule has 0 saturated heterocycles. The molecule has 3 N–H and O–H groups in total. The number of fused-ring (bicyclic) bond motifs is 1. The molecule has 3 saturated carbocycles. The summed E-state index contributed by atoms with van der Waals surface area (Å²) in [6.45, 7) is 1.53. The molecule has 6 rings (SSSR count). The summed E-state index contributed by atoms with van der Waals surface area (Å²) < 4.78 is 41.1. The van der Waals surface area contributed by atoms with Crippen LogP contribution in [0.1, 0.15) is 49.5 Å². The molecule has 3 fully saturated rings. The Hall–Kier alpha value is -3.20. The number of halogens is 3.